The molecule has 0 spiro atoms. The van der Waals surface area contributed by atoms with Gasteiger partial charge in [0.1, 0.15) is 0 Å². The molecule has 1 aliphatic heterocycles. The maximum Gasteiger partial charge on any atom is 0.284 e. The van der Waals surface area contributed by atoms with Gasteiger partial charge in [-0.2, -0.15) is 8.78 Å². The Morgan fingerprint density at radius 1 is 1.10 bits per heavy atom. The third-order valence-corrected chi connectivity index (χ3v) is 5.72. The average molecular weight is 441 g/mol. The zero-order chi connectivity index (χ0) is 23.5. The number of piperazine rings is 1. The molecule has 1 aromatic carbocycles. The zero-order valence-electron chi connectivity index (χ0n) is 18.8. The number of rotatable bonds is 3. The summed E-state index contributed by atoms with van der Waals surface area (Å²) in [5.41, 5.74) is 4.32. The summed E-state index contributed by atoms with van der Waals surface area (Å²) in [6, 6.07) is 3.53. The number of nitrogens with one attached hydrogen (secondary N) is 1. The molecule has 3 atom stereocenters. The second-order valence-electron chi connectivity index (χ2n) is 6.86. The summed E-state index contributed by atoms with van der Waals surface area (Å²) in [4.78, 5) is 4.59. The van der Waals surface area contributed by atoms with Gasteiger partial charge in [0, 0.05) is 53.9 Å². The van der Waals surface area contributed by atoms with E-state index < -0.39 is 5.66 Å². The topological polar surface area (TPSA) is 56.4 Å². The van der Waals surface area contributed by atoms with Gasteiger partial charge in [0.2, 0.25) is 0 Å². The van der Waals surface area contributed by atoms with Crippen LogP contribution in [0.25, 0.3) is 0 Å². The van der Waals surface area contributed by atoms with Crippen molar-refractivity contribution in [2.45, 2.75) is 57.3 Å². The van der Waals surface area contributed by atoms with E-state index in [9.17, 15) is 8.78 Å². The molecule has 1 saturated heterocycles. The highest BCUT2D eigenvalue weighted by atomic mass is 31.0. The van der Waals surface area contributed by atoms with E-state index in [1.165, 1.54) is 24.8 Å². The van der Waals surface area contributed by atoms with E-state index in [4.69, 9.17) is 11.1 Å². The number of hydrogen-bond donors (Lipinski definition) is 2. The van der Waals surface area contributed by atoms with Crippen LogP contribution in [0.15, 0.2) is 38.4 Å². The predicted octanol–water partition coefficient (Wildman–Crippen LogP) is 5.88. The Morgan fingerprint density at radius 3 is 2.13 bits per heavy atom. The van der Waals surface area contributed by atoms with Crippen LogP contribution in [0, 0.1) is 5.41 Å². The fourth-order valence-corrected chi connectivity index (χ4v) is 4.28. The Bertz CT molecular complexity index is 661. The van der Waals surface area contributed by atoms with E-state index in [1.54, 1.807) is 9.24 Å². The number of benzene rings is 1. The van der Waals surface area contributed by atoms with Crippen LogP contribution in [0.4, 0.5) is 20.2 Å². The molecule has 0 bridgehead atoms. The summed E-state index contributed by atoms with van der Waals surface area (Å²) in [6.45, 7) is 17.7. The highest BCUT2D eigenvalue weighted by Gasteiger charge is 2.38. The van der Waals surface area contributed by atoms with Gasteiger partial charge < -0.3 is 16.0 Å². The summed E-state index contributed by atoms with van der Waals surface area (Å²) in [5, 5.41) is 7.71. The van der Waals surface area contributed by atoms with Crippen LogP contribution < -0.4 is 10.6 Å². The van der Waals surface area contributed by atoms with Crippen molar-refractivity contribution < 1.29 is 8.78 Å². The van der Waals surface area contributed by atoms with E-state index in [0.29, 0.717) is 23.3 Å². The van der Waals surface area contributed by atoms with Crippen LogP contribution in [0.1, 0.15) is 50.7 Å². The lowest BCUT2D eigenvalue weighted by atomic mass is 9.85. The number of nitrogens with zero attached hydrogens (tertiary/aromatic N) is 2. The Kier molecular flexibility index (Phi) is 12.7. The number of alkyl halides is 2. The molecule has 0 aromatic heterocycles. The number of nitrogens with two attached hydrogens (primary N) is 1. The minimum Gasteiger partial charge on any atom is -0.398 e. The van der Waals surface area contributed by atoms with Crippen molar-refractivity contribution in [1.82, 2.24) is 4.90 Å². The van der Waals surface area contributed by atoms with Crippen LogP contribution >= 0.6 is 9.24 Å². The SMILES string of the molecule is C=C.C=C.CC.CN1CCN(c2cc(C(F)(F)P)cc(N)c2C=N)C2CCCCC21. The Balaban J connectivity index is 0.00000129. The monoisotopic (exact) mass is 440 g/mol. The van der Waals surface area contributed by atoms with Gasteiger partial charge >= 0.3 is 0 Å². The van der Waals surface area contributed by atoms with Crippen molar-refractivity contribution in [2.24, 2.45) is 0 Å². The summed E-state index contributed by atoms with van der Waals surface area (Å²) in [5.74, 6) is 0. The molecule has 2 aliphatic rings. The molecule has 170 valence electrons. The van der Waals surface area contributed by atoms with Crippen molar-refractivity contribution >= 4 is 26.8 Å². The summed E-state index contributed by atoms with van der Waals surface area (Å²) < 4.78 is 27.7. The van der Waals surface area contributed by atoms with Gasteiger partial charge in [-0.15, -0.1) is 26.3 Å². The van der Waals surface area contributed by atoms with E-state index >= 15 is 0 Å². The van der Waals surface area contributed by atoms with Gasteiger partial charge in [0.25, 0.3) is 5.66 Å². The molecule has 0 amide bonds. The Hall–Kier alpha value is -1.78. The number of anilines is 2. The van der Waals surface area contributed by atoms with Crippen LogP contribution in [0.5, 0.6) is 0 Å². The second-order valence-corrected chi connectivity index (χ2v) is 7.58. The predicted molar refractivity (Wildman–Crippen MR) is 132 cm³/mol. The first kappa shape index (κ1) is 28.2. The van der Waals surface area contributed by atoms with Crippen LogP contribution in [-0.2, 0) is 5.66 Å². The molecule has 2 fully saturated rings. The number of fused-ring (bicyclic) bond motifs is 1. The quantitative estimate of drug-likeness (QED) is 0.267. The molecule has 1 aromatic rings. The van der Waals surface area contributed by atoms with Gasteiger partial charge in [-0.05, 0) is 32.0 Å². The Labute approximate surface area is 183 Å². The largest absolute Gasteiger partial charge is 0.398 e. The van der Waals surface area contributed by atoms with Crippen LogP contribution in [0.3, 0.4) is 0 Å². The third-order valence-electron chi connectivity index (χ3n) is 5.38. The minimum atomic E-state index is -3.03. The number of halogens is 2. The van der Waals surface area contributed by atoms with E-state index in [2.05, 4.69) is 43.2 Å². The minimum absolute atomic E-state index is 0.114. The third kappa shape index (κ3) is 6.61. The van der Waals surface area contributed by atoms with Crippen molar-refractivity contribution in [3.8, 4) is 0 Å². The molecule has 1 aliphatic carbocycles. The first-order chi connectivity index (χ1) is 14.3. The molecule has 4 nitrogen and oxygen atoms in total. The van der Waals surface area contributed by atoms with Gasteiger partial charge in [-0.3, -0.25) is 4.90 Å². The normalized spacial score (nSPS) is 20.8. The zero-order valence-corrected chi connectivity index (χ0v) is 19.9. The number of hydrogen-bond acceptors (Lipinski definition) is 4. The maximum atomic E-state index is 13.8. The molecular formula is C23H39F2N4P. The summed E-state index contributed by atoms with van der Waals surface area (Å²) >= 11 is 0. The fraction of sp³-hybridized carbons (Fsp3) is 0.522. The van der Waals surface area contributed by atoms with Crippen molar-refractivity contribution in [3.05, 3.63) is 49.6 Å². The summed E-state index contributed by atoms with van der Waals surface area (Å²) in [6.07, 6.45) is 5.73. The highest BCUT2D eigenvalue weighted by Crippen LogP contribution is 2.41. The maximum absolute atomic E-state index is 13.8. The molecule has 30 heavy (non-hydrogen) atoms. The number of likely N-dealkylation sites (N-methyl/N-ethyl adjacent to an activating group) is 1. The molecule has 3 N–H and O–H groups in total. The first-order valence-electron chi connectivity index (χ1n) is 10.4. The number of nitrogen functional groups attached to an aromatic ring is 1. The highest BCUT2D eigenvalue weighted by molar-refractivity contribution is 7.17. The molecule has 7 heteroatoms. The average Bonchev–Trinajstić information content (AvgIpc) is 2.77. The lowest BCUT2D eigenvalue weighted by molar-refractivity contribution is 0.104. The molecule has 1 heterocycles. The van der Waals surface area contributed by atoms with Crippen molar-refractivity contribution in [1.29, 1.82) is 5.41 Å². The van der Waals surface area contributed by atoms with Crippen LogP contribution in [0.2, 0.25) is 0 Å². The molecule has 3 rings (SSSR count). The van der Waals surface area contributed by atoms with Gasteiger partial charge in [0.15, 0.2) is 0 Å². The van der Waals surface area contributed by atoms with E-state index in [1.807, 2.05) is 13.8 Å². The van der Waals surface area contributed by atoms with E-state index in [-0.39, 0.29) is 11.3 Å². The summed E-state index contributed by atoms with van der Waals surface area (Å²) in [7, 11) is 3.71. The second kappa shape index (κ2) is 13.5. The van der Waals surface area contributed by atoms with Crippen LogP contribution in [-0.4, -0.2) is 43.3 Å². The van der Waals surface area contributed by atoms with Gasteiger partial charge in [-0.1, -0.05) is 35.9 Å². The lowest BCUT2D eigenvalue weighted by Gasteiger charge is -2.50. The Morgan fingerprint density at radius 2 is 1.63 bits per heavy atom. The first-order valence-corrected chi connectivity index (χ1v) is 11.0. The van der Waals surface area contributed by atoms with Crippen molar-refractivity contribution in [3.63, 3.8) is 0 Å². The van der Waals surface area contributed by atoms with Gasteiger partial charge in [0.05, 0.1) is 0 Å². The fourth-order valence-electron chi connectivity index (χ4n) is 4.11. The smallest absolute Gasteiger partial charge is 0.284 e. The molecular weight excluding hydrogens is 401 g/mol. The van der Waals surface area contributed by atoms with Gasteiger partial charge in [-0.25, -0.2) is 0 Å². The standard InChI is InChI=1S/C17H25F2N4P.C2H6.2C2H4/c1-22-6-7-23(15-5-3-2-4-14(15)22)16-9-11(17(18,19)24)8-13(21)12(16)10-20;3*1-2/h8-10,14-15,20H,2-7,21,24H2,1H3;1-2H3;2*1-2H2. The van der Waals surface area contributed by atoms with Crippen molar-refractivity contribution in [2.75, 3.05) is 30.8 Å². The molecule has 1 saturated carbocycles. The lowest BCUT2D eigenvalue weighted by Crippen LogP contribution is -2.59. The molecule has 0 radical (unpaired) electrons. The molecule has 3 unspecified atom stereocenters. The van der Waals surface area contributed by atoms with E-state index in [0.717, 1.165) is 32.4 Å².